The lowest BCUT2D eigenvalue weighted by molar-refractivity contribution is -0.117. The van der Waals surface area contributed by atoms with Crippen molar-refractivity contribution >= 4 is 45.9 Å². The van der Waals surface area contributed by atoms with Gasteiger partial charge in [-0.15, -0.1) is 11.8 Å². The standard InChI is InChI=1S/C25H23ClN4O3S/c1-14-21(24(32)30(28(14)3)17-8-6-5-7-9-17)29-23(31)15(2)34-25(29)19-12-16-10-11-18(33-4)13-20(16)27-22(19)26/h5-13,15,25H,1-4H3. The Bertz CT molecular complexity index is 1480. The number of carbonyl (C=O) groups is 1. The van der Waals surface area contributed by atoms with E-state index in [2.05, 4.69) is 4.98 Å². The van der Waals surface area contributed by atoms with Crippen molar-refractivity contribution in [3.8, 4) is 11.4 Å². The number of nitrogens with zero attached hydrogens (tertiary/aromatic N) is 4. The van der Waals surface area contributed by atoms with Gasteiger partial charge in [-0.05, 0) is 44.2 Å². The van der Waals surface area contributed by atoms with Gasteiger partial charge in [-0.25, -0.2) is 9.67 Å². The predicted octanol–water partition coefficient (Wildman–Crippen LogP) is 4.86. The fraction of sp³-hybridized carbons (Fsp3) is 0.240. The third-order valence-corrected chi connectivity index (χ3v) is 7.82. The third-order valence-electron chi connectivity index (χ3n) is 6.19. The van der Waals surface area contributed by atoms with Gasteiger partial charge in [0.15, 0.2) is 0 Å². The van der Waals surface area contributed by atoms with Crippen molar-refractivity contribution in [2.75, 3.05) is 12.0 Å². The first-order chi connectivity index (χ1) is 16.3. The van der Waals surface area contributed by atoms with Crippen LogP contribution in [0.4, 0.5) is 5.69 Å². The molecule has 5 rings (SSSR count). The van der Waals surface area contributed by atoms with Crippen LogP contribution in [0.1, 0.15) is 23.6 Å². The summed E-state index contributed by atoms with van der Waals surface area (Å²) in [5.41, 5.74) is 2.90. The Balaban J connectivity index is 1.67. The zero-order valence-electron chi connectivity index (χ0n) is 19.2. The molecule has 0 N–H and O–H groups in total. The van der Waals surface area contributed by atoms with E-state index in [1.54, 1.807) is 21.4 Å². The molecular formula is C25H23ClN4O3S. The normalized spacial score (nSPS) is 18.1. The molecule has 0 bridgehead atoms. The maximum atomic E-state index is 13.7. The number of hydrogen-bond donors (Lipinski definition) is 0. The molecule has 2 aromatic carbocycles. The zero-order valence-corrected chi connectivity index (χ0v) is 20.7. The minimum atomic E-state index is -0.480. The molecular weight excluding hydrogens is 472 g/mol. The lowest BCUT2D eigenvalue weighted by atomic mass is 10.1. The van der Waals surface area contributed by atoms with Crippen LogP contribution in [0.5, 0.6) is 5.75 Å². The number of para-hydroxylation sites is 1. The average Bonchev–Trinajstić information content (AvgIpc) is 3.24. The Morgan fingerprint density at radius 2 is 1.82 bits per heavy atom. The van der Waals surface area contributed by atoms with E-state index in [0.29, 0.717) is 33.4 Å². The van der Waals surface area contributed by atoms with Gasteiger partial charge in [0, 0.05) is 24.1 Å². The van der Waals surface area contributed by atoms with Crippen LogP contribution in [0.3, 0.4) is 0 Å². The Kier molecular flexibility index (Phi) is 5.65. The smallest absolute Gasteiger partial charge is 0.295 e. The number of anilines is 1. The van der Waals surface area contributed by atoms with E-state index < -0.39 is 5.37 Å². The second-order valence-electron chi connectivity index (χ2n) is 8.18. The van der Waals surface area contributed by atoms with Crippen LogP contribution in [-0.4, -0.2) is 32.6 Å². The van der Waals surface area contributed by atoms with Gasteiger partial charge in [0.1, 0.15) is 22.0 Å². The highest BCUT2D eigenvalue weighted by Crippen LogP contribution is 2.47. The van der Waals surface area contributed by atoms with Crippen molar-refractivity contribution in [2.24, 2.45) is 7.05 Å². The van der Waals surface area contributed by atoms with Gasteiger partial charge in [0.2, 0.25) is 5.91 Å². The van der Waals surface area contributed by atoms with Crippen molar-refractivity contribution in [3.63, 3.8) is 0 Å². The summed E-state index contributed by atoms with van der Waals surface area (Å²) in [6, 6.07) is 16.9. The molecule has 34 heavy (non-hydrogen) atoms. The van der Waals surface area contributed by atoms with E-state index in [0.717, 1.165) is 11.1 Å². The molecule has 174 valence electrons. The summed E-state index contributed by atoms with van der Waals surface area (Å²) in [5.74, 6) is 0.553. The van der Waals surface area contributed by atoms with E-state index in [1.807, 2.05) is 75.5 Å². The predicted molar refractivity (Wildman–Crippen MR) is 136 cm³/mol. The van der Waals surface area contributed by atoms with E-state index >= 15 is 0 Å². The van der Waals surface area contributed by atoms with Gasteiger partial charge in [-0.3, -0.25) is 19.2 Å². The minimum absolute atomic E-state index is 0.132. The zero-order chi connectivity index (χ0) is 24.1. The van der Waals surface area contributed by atoms with Crippen LogP contribution in [0, 0.1) is 6.92 Å². The van der Waals surface area contributed by atoms with E-state index in [9.17, 15) is 9.59 Å². The monoisotopic (exact) mass is 494 g/mol. The number of carbonyl (C=O) groups excluding carboxylic acids is 1. The molecule has 7 nitrogen and oxygen atoms in total. The van der Waals surface area contributed by atoms with Crippen LogP contribution in [-0.2, 0) is 11.8 Å². The first-order valence-electron chi connectivity index (χ1n) is 10.8. The first-order valence-corrected chi connectivity index (χ1v) is 12.1. The molecule has 2 aromatic heterocycles. The number of fused-ring (bicyclic) bond motifs is 1. The second-order valence-corrected chi connectivity index (χ2v) is 9.96. The summed E-state index contributed by atoms with van der Waals surface area (Å²) in [6.45, 7) is 3.70. The first kappa shape index (κ1) is 22.6. The van der Waals surface area contributed by atoms with Gasteiger partial charge in [-0.2, -0.15) is 0 Å². The van der Waals surface area contributed by atoms with Crippen LogP contribution < -0.4 is 15.2 Å². The number of pyridine rings is 1. The number of benzene rings is 2. The lowest BCUT2D eigenvalue weighted by Gasteiger charge is -2.24. The summed E-state index contributed by atoms with van der Waals surface area (Å²) in [5, 5.41) is 0.352. The maximum Gasteiger partial charge on any atom is 0.295 e. The third kappa shape index (κ3) is 3.49. The van der Waals surface area contributed by atoms with Crippen molar-refractivity contribution in [1.29, 1.82) is 0 Å². The minimum Gasteiger partial charge on any atom is -0.497 e. The Morgan fingerprint density at radius 3 is 2.53 bits per heavy atom. The number of hydrogen-bond acceptors (Lipinski definition) is 5. The molecule has 2 atom stereocenters. The Labute approximate surface area is 205 Å². The van der Waals surface area contributed by atoms with Crippen LogP contribution >= 0.6 is 23.4 Å². The topological polar surface area (TPSA) is 69.4 Å². The van der Waals surface area contributed by atoms with Gasteiger partial charge in [-0.1, -0.05) is 29.8 Å². The van der Waals surface area contributed by atoms with E-state index in [-0.39, 0.29) is 16.7 Å². The molecule has 0 saturated carbocycles. The Morgan fingerprint density at radius 1 is 1.09 bits per heavy atom. The molecule has 1 amide bonds. The maximum absolute atomic E-state index is 13.7. The highest BCUT2D eigenvalue weighted by atomic mass is 35.5. The summed E-state index contributed by atoms with van der Waals surface area (Å²) >= 11 is 8.11. The number of halogens is 1. The van der Waals surface area contributed by atoms with E-state index in [1.165, 1.54) is 11.8 Å². The fourth-order valence-electron chi connectivity index (χ4n) is 4.34. The van der Waals surface area contributed by atoms with Gasteiger partial charge >= 0.3 is 0 Å². The Hall–Kier alpha value is -3.23. The molecule has 2 unspecified atom stereocenters. The van der Waals surface area contributed by atoms with Gasteiger partial charge < -0.3 is 4.74 Å². The second kappa shape index (κ2) is 8.52. The number of amides is 1. The molecule has 1 fully saturated rings. The molecule has 9 heteroatoms. The number of thioether (sulfide) groups is 1. The highest BCUT2D eigenvalue weighted by molar-refractivity contribution is 8.01. The summed E-state index contributed by atoms with van der Waals surface area (Å²) in [6.07, 6.45) is 0. The quantitative estimate of drug-likeness (QED) is 0.379. The van der Waals surface area contributed by atoms with Gasteiger partial charge in [0.25, 0.3) is 5.56 Å². The SMILES string of the molecule is COc1ccc2cc(C3SC(C)C(=O)N3c3c(C)n(C)n(-c4ccccc4)c3=O)c(Cl)nc2c1. The van der Waals surface area contributed by atoms with Crippen LogP contribution in [0.15, 0.2) is 59.4 Å². The van der Waals surface area contributed by atoms with Crippen LogP contribution in [0.2, 0.25) is 5.15 Å². The molecule has 4 aromatic rings. The average molecular weight is 495 g/mol. The lowest BCUT2D eigenvalue weighted by Crippen LogP contribution is -2.34. The molecule has 0 radical (unpaired) electrons. The fourth-order valence-corrected chi connectivity index (χ4v) is 5.92. The van der Waals surface area contributed by atoms with E-state index in [4.69, 9.17) is 16.3 Å². The largest absolute Gasteiger partial charge is 0.497 e. The van der Waals surface area contributed by atoms with Crippen molar-refractivity contribution in [3.05, 3.63) is 81.4 Å². The van der Waals surface area contributed by atoms with Crippen molar-refractivity contribution in [1.82, 2.24) is 14.3 Å². The highest BCUT2D eigenvalue weighted by Gasteiger charge is 2.43. The summed E-state index contributed by atoms with van der Waals surface area (Å²) in [7, 11) is 3.42. The van der Waals surface area contributed by atoms with Crippen molar-refractivity contribution in [2.45, 2.75) is 24.5 Å². The van der Waals surface area contributed by atoms with Crippen LogP contribution in [0.25, 0.3) is 16.6 Å². The number of rotatable bonds is 4. The summed E-state index contributed by atoms with van der Waals surface area (Å²) < 4.78 is 8.65. The molecule has 0 aliphatic carbocycles. The van der Waals surface area contributed by atoms with Crippen molar-refractivity contribution < 1.29 is 9.53 Å². The number of ether oxygens (including phenoxy) is 1. The molecule has 3 heterocycles. The number of aromatic nitrogens is 3. The molecule has 0 spiro atoms. The summed E-state index contributed by atoms with van der Waals surface area (Å²) in [4.78, 5) is 33.2. The molecule has 1 saturated heterocycles. The van der Waals surface area contributed by atoms with Gasteiger partial charge in [0.05, 0.1) is 29.3 Å². The molecule has 1 aliphatic heterocycles. The molecule has 1 aliphatic rings. The number of methoxy groups -OCH3 is 1.